The van der Waals surface area contributed by atoms with Crippen molar-refractivity contribution in [2.75, 3.05) is 37.6 Å². The van der Waals surface area contributed by atoms with E-state index < -0.39 is 27.9 Å². The van der Waals surface area contributed by atoms with E-state index >= 15 is 0 Å². The molecular formula is C25H32ClN5O5S2. The summed E-state index contributed by atoms with van der Waals surface area (Å²) in [5.41, 5.74) is 0.605. The topological polar surface area (TPSA) is 128 Å². The number of sulfonamides is 1. The molecule has 0 aliphatic carbocycles. The van der Waals surface area contributed by atoms with Crippen molar-refractivity contribution in [3.63, 3.8) is 0 Å². The van der Waals surface area contributed by atoms with E-state index in [1.165, 1.54) is 6.07 Å². The van der Waals surface area contributed by atoms with Crippen LogP contribution in [0.5, 0.6) is 0 Å². The van der Waals surface area contributed by atoms with Crippen molar-refractivity contribution in [3.8, 4) is 0 Å². The third kappa shape index (κ3) is 6.37. The van der Waals surface area contributed by atoms with Crippen molar-refractivity contribution in [1.82, 2.24) is 20.3 Å². The maximum absolute atomic E-state index is 13.6. The lowest BCUT2D eigenvalue weighted by Gasteiger charge is -2.40. The Hall–Kier alpha value is -2.51. The molecule has 0 unspecified atom stereocenters. The Bertz CT molecular complexity index is 1340. The molecule has 206 valence electrons. The quantitative estimate of drug-likeness (QED) is 0.438. The SMILES string of the molecule is Cc1c(N2CCCC2=O)cccc1S(=O)(=O)N[C@@H](CNC(=O)c1ccc(Cl)s1)C(=O)N1CCNC(C)(C)C1. The molecule has 0 bridgehead atoms. The molecule has 2 aliphatic heterocycles. The van der Waals surface area contributed by atoms with E-state index in [1.807, 2.05) is 13.8 Å². The van der Waals surface area contributed by atoms with Crippen LogP contribution < -0.4 is 20.3 Å². The number of anilines is 1. The van der Waals surface area contributed by atoms with Gasteiger partial charge in [0, 0.05) is 50.4 Å². The number of carbonyl (C=O) groups is 3. The van der Waals surface area contributed by atoms with Gasteiger partial charge < -0.3 is 20.4 Å². The van der Waals surface area contributed by atoms with Gasteiger partial charge in [0.15, 0.2) is 0 Å². The van der Waals surface area contributed by atoms with Crippen LogP contribution in [-0.4, -0.2) is 75.3 Å². The summed E-state index contributed by atoms with van der Waals surface area (Å²) in [6.45, 7) is 7.18. The second-order valence-electron chi connectivity index (χ2n) is 10.1. The van der Waals surface area contributed by atoms with Gasteiger partial charge in [0.1, 0.15) is 6.04 Å². The lowest BCUT2D eigenvalue weighted by molar-refractivity contribution is -0.134. The highest BCUT2D eigenvalue weighted by atomic mass is 35.5. The van der Waals surface area contributed by atoms with E-state index in [-0.39, 0.29) is 22.9 Å². The van der Waals surface area contributed by atoms with Crippen LogP contribution in [0.3, 0.4) is 0 Å². The number of hydrogen-bond donors (Lipinski definition) is 3. The molecule has 3 N–H and O–H groups in total. The Kier molecular flexibility index (Phi) is 8.48. The molecule has 0 spiro atoms. The van der Waals surface area contributed by atoms with E-state index in [2.05, 4.69) is 15.4 Å². The van der Waals surface area contributed by atoms with Crippen molar-refractivity contribution in [3.05, 3.63) is 45.1 Å². The zero-order chi connectivity index (χ0) is 27.7. The van der Waals surface area contributed by atoms with E-state index in [4.69, 9.17) is 11.6 Å². The minimum absolute atomic E-state index is 0.0236. The monoisotopic (exact) mass is 581 g/mol. The first-order valence-electron chi connectivity index (χ1n) is 12.4. The molecule has 13 heteroatoms. The molecule has 3 amide bonds. The first-order valence-corrected chi connectivity index (χ1v) is 15.1. The van der Waals surface area contributed by atoms with Crippen molar-refractivity contribution in [1.29, 1.82) is 0 Å². The molecular weight excluding hydrogens is 550 g/mol. The molecule has 2 saturated heterocycles. The summed E-state index contributed by atoms with van der Waals surface area (Å²) in [6, 6.07) is 6.66. The van der Waals surface area contributed by atoms with E-state index in [1.54, 1.807) is 41.0 Å². The van der Waals surface area contributed by atoms with E-state index in [9.17, 15) is 22.8 Å². The van der Waals surface area contributed by atoms with Crippen molar-refractivity contribution in [2.45, 2.75) is 50.1 Å². The molecule has 3 heterocycles. The average Bonchev–Trinajstić information content (AvgIpc) is 3.48. The number of benzene rings is 1. The van der Waals surface area contributed by atoms with Gasteiger partial charge in [-0.2, -0.15) is 4.72 Å². The van der Waals surface area contributed by atoms with Gasteiger partial charge in [-0.25, -0.2) is 8.42 Å². The molecule has 2 aromatic rings. The highest BCUT2D eigenvalue weighted by molar-refractivity contribution is 7.89. The third-order valence-corrected chi connectivity index (χ3v) is 9.50. The maximum atomic E-state index is 13.6. The number of rotatable bonds is 8. The first kappa shape index (κ1) is 28.5. The average molecular weight is 582 g/mol. The predicted molar refractivity (Wildman–Crippen MR) is 147 cm³/mol. The van der Waals surface area contributed by atoms with Gasteiger partial charge >= 0.3 is 0 Å². The van der Waals surface area contributed by atoms with Crippen molar-refractivity contribution in [2.24, 2.45) is 0 Å². The maximum Gasteiger partial charge on any atom is 0.261 e. The standard InChI is InChI=1S/C25H32ClN5O5S2/c1-16-18(31-12-5-8-22(31)32)6-4-7-20(16)38(35,36)29-17(14-27-23(33)19-9-10-21(26)37-19)24(34)30-13-11-28-25(2,3)15-30/h4,6-7,9-10,17,28-29H,5,8,11-15H2,1-3H3,(H,27,33)/t17-/m0/s1. The van der Waals surface area contributed by atoms with Crippen LogP contribution in [0.4, 0.5) is 5.69 Å². The third-order valence-electron chi connectivity index (χ3n) is 6.65. The Labute approximate surface area is 231 Å². The normalized spacial score (nSPS) is 18.5. The Balaban J connectivity index is 1.60. The molecule has 0 saturated carbocycles. The molecule has 10 nitrogen and oxygen atoms in total. The molecule has 38 heavy (non-hydrogen) atoms. The van der Waals surface area contributed by atoms with Crippen LogP contribution in [0.2, 0.25) is 4.34 Å². The zero-order valence-electron chi connectivity index (χ0n) is 21.5. The van der Waals surface area contributed by atoms with Crippen LogP contribution in [0.1, 0.15) is 41.9 Å². The lowest BCUT2D eigenvalue weighted by Crippen LogP contribution is -2.62. The second kappa shape index (κ2) is 11.3. The first-order chi connectivity index (χ1) is 17.9. The minimum Gasteiger partial charge on any atom is -0.349 e. The van der Waals surface area contributed by atoms with Gasteiger partial charge in [-0.05, 0) is 57.0 Å². The summed E-state index contributed by atoms with van der Waals surface area (Å²) in [5, 5.41) is 6.00. The number of carbonyl (C=O) groups excluding carboxylic acids is 3. The number of amides is 3. The Morgan fingerprint density at radius 2 is 1.97 bits per heavy atom. The zero-order valence-corrected chi connectivity index (χ0v) is 23.9. The molecule has 2 aliphatic rings. The number of nitrogens with zero attached hydrogens (tertiary/aromatic N) is 2. The summed E-state index contributed by atoms with van der Waals surface area (Å²) in [6.07, 6.45) is 1.13. The van der Waals surface area contributed by atoms with Crippen molar-refractivity contribution >= 4 is 56.4 Å². The lowest BCUT2D eigenvalue weighted by atomic mass is 10.0. The Morgan fingerprint density at radius 3 is 2.61 bits per heavy atom. The molecule has 1 aromatic carbocycles. The molecule has 2 fully saturated rings. The summed E-state index contributed by atoms with van der Waals surface area (Å²) in [4.78, 5) is 42.1. The van der Waals surface area contributed by atoms with Gasteiger partial charge in [-0.3, -0.25) is 14.4 Å². The van der Waals surface area contributed by atoms with Gasteiger partial charge in [-0.15, -0.1) is 11.3 Å². The number of thiophene rings is 1. The Morgan fingerprint density at radius 1 is 1.21 bits per heavy atom. The predicted octanol–water partition coefficient (Wildman–Crippen LogP) is 2.12. The summed E-state index contributed by atoms with van der Waals surface area (Å²) < 4.78 is 30.2. The van der Waals surface area contributed by atoms with Crippen LogP contribution >= 0.6 is 22.9 Å². The molecule has 1 aromatic heterocycles. The summed E-state index contributed by atoms with van der Waals surface area (Å²) in [7, 11) is -4.20. The minimum atomic E-state index is -4.20. The van der Waals surface area contributed by atoms with Crippen LogP contribution in [0.15, 0.2) is 35.2 Å². The van der Waals surface area contributed by atoms with E-state index in [0.717, 1.165) is 11.3 Å². The summed E-state index contributed by atoms with van der Waals surface area (Å²) in [5.74, 6) is -0.942. The van der Waals surface area contributed by atoms with Gasteiger partial charge in [0.25, 0.3) is 5.91 Å². The fraction of sp³-hybridized carbons (Fsp3) is 0.480. The molecule has 4 rings (SSSR count). The van der Waals surface area contributed by atoms with Gasteiger partial charge in [0.05, 0.1) is 14.1 Å². The second-order valence-corrected chi connectivity index (χ2v) is 13.5. The largest absolute Gasteiger partial charge is 0.349 e. The molecule has 0 radical (unpaired) electrons. The van der Waals surface area contributed by atoms with Crippen LogP contribution in [0, 0.1) is 6.92 Å². The highest BCUT2D eigenvalue weighted by Gasteiger charge is 2.35. The van der Waals surface area contributed by atoms with Crippen LogP contribution in [0.25, 0.3) is 0 Å². The van der Waals surface area contributed by atoms with Crippen LogP contribution in [-0.2, 0) is 19.6 Å². The number of hydrogen-bond acceptors (Lipinski definition) is 7. The highest BCUT2D eigenvalue weighted by Crippen LogP contribution is 2.29. The van der Waals surface area contributed by atoms with Gasteiger partial charge in [0.2, 0.25) is 21.8 Å². The fourth-order valence-electron chi connectivity index (χ4n) is 4.79. The fourth-order valence-corrected chi connectivity index (χ4v) is 7.20. The smallest absolute Gasteiger partial charge is 0.261 e. The van der Waals surface area contributed by atoms with E-state index in [0.29, 0.717) is 59.5 Å². The number of piperazine rings is 1. The molecule has 1 atom stereocenters. The van der Waals surface area contributed by atoms with Crippen molar-refractivity contribution < 1.29 is 22.8 Å². The number of halogens is 1. The van der Waals surface area contributed by atoms with Gasteiger partial charge in [-0.1, -0.05) is 17.7 Å². The summed E-state index contributed by atoms with van der Waals surface area (Å²) >= 11 is 7.03. The number of nitrogens with one attached hydrogen (secondary N) is 3.